The Morgan fingerprint density at radius 1 is 1.18 bits per heavy atom. The molecule has 0 bridgehead atoms. The largest absolute Gasteiger partial charge is 1.00 e. The molecule has 5 rings (SSSR count). The van der Waals surface area contributed by atoms with E-state index in [-0.39, 0.29) is 41.0 Å². The van der Waals surface area contributed by atoms with E-state index in [1.807, 2.05) is 44.2 Å². The van der Waals surface area contributed by atoms with Crippen molar-refractivity contribution in [3.63, 3.8) is 0 Å². The molecular weight excluding hydrogens is 503 g/mol. The topological polar surface area (TPSA) is 84.6 Å². The second kappa shape index (κ2) is 11.3. The molecule has 6 nitrogen and oxygen atoms in total. The van der Waals surface area contributed by atoms with Gasteiger partial charge >= 0.3 is 36.2 Å². The van der Waals surface area contributed by atoms with Crippen molar-refractivity contribution in [3.8, 4) is 17.2 Å². The number of hydrogen-bond donors (Lipinski definition) is 0. The quantitative estimate of drug-likeness (QED) is 0.341. The number of carboxylic acids is 1. The van der Waals surface area contributed by atoms with Crippen molar-refractivity contribution < 1.29 is 62.1 Å². The molecule has 4 aromatic rings. The van der Waals surface area contributed by atoms with E-state index in [0.717, 1.165) is 16.5 Å². The average Bonchev–Trinajstić information content (AvgIpc) is 3.20. The van der Waals surface area contributed by atoms with Gasteiger partial charge in [0.2, 0.25) is 0 Å². The van der Waals surface area contributed by atoms with E-state index in [4.69, 9.17) is 18.9 Å². The summed E-state index contributed by atoms with van der Waals surface area (Å²) in [4.78, 5) is 17.1. The molecule has 1 aliphatic carbocycles. The number of rotatable bonds is 7. The van der Waals surface area contributed by atoms with Gasteiger partial charge in [-0.15, -0.1) is 0 Å². The van der Waals surface area contributed by atoms with Gasteiger partial charge in [-0.2, -0.15) is 8.78 Å². The summed E-state index contributed by atoms with van der Waals surface area (Å²) in [6.45, 7) is 3.03. The first-order valence-electron chi connectivity index (χ1n) is 12.4. The minimum atomic E-state index is -2.79. The molecule has 38 heavy (non-hydrogen) atoms. The molecule has 0 spiro atoms. The van der Waals surface area contributed by atoms with Crippen LogP contribution in [0.2, 0.25) is 0 Å². The predicted molar refractivity (Wildman–Crippen MR) is 134 cm³/mol. The van der Waals surface area contributed by atoms with E-state index in [1.165, 1.54) is 6.07 Å². The molecule has 0 radical (unpaired) electrons. The Kier molecular flexibility index (Phi) is 8.47. The van der Waals surface area contributed by atoms with Crippen LogP contribution in [0.4, 0.5) is 8.78 Å². The number of furan rings is 1. The molecule has 0 saturated heterocycles. The molecule has 2 heterocycles. The van der Waals surface area contributed by atoms with Crippen LogP contribution in [0.5, 0.6) is 5.75 Å². The van der Waals surface area contributed by atoms with E-state index < -0.39 is 18.2 Å². The minimum Gasteiger partial charge on any atom is -0.545 e. The monoisotopic (exact) mass is 531 g/mol. The summed E-state index contributed by atoms with van der Waals surface area (Å²) in [6.07, 6.45) is 2.36. The molecule has 194 valence electrons. The van der Waals surface area contributed by atoms with Crippen molar-refractivity contribution in [2.24, 2.45) is 5.92 Å². The fraction of sp³-hybridized carbons (Fsp3) is 0.379. The molecule has 0 amide bonds. The van der Waals surface area contributed by atoms with Crippen LogP contribution in [0.25, 0.3) is 33.3 Å². The fourth-order valence-corrected chi connectivity index (χ4v) is 5.25. The second-order valence-electron chi connectivity index (χ2n) is 10.1. The van der Waals surface area contributed by atoms with Gasteiger partial charge < -0.3 is 23.8 Å². The number of fused-ring (bicyclic) bond motifs is 2. The summed E-state index contributed by atoms with van der Waals surface area (Å²) in [5.41, 5.74) is 2.40. The molecule has 0 unspecified atom stereocenters. The number of alkyl halides is 2. The number of carbonyl (C=O) groups excluding carboxylic acids is 1. The predicted octanol–water partition coefficient (Wildman–Crippen LogP) is 3.20. The number of para-hydroxylation sites is 1. The number of pyridine rings is 1. The maximum atomic E-state index is 12.7. The normalized spacial score (nSPS) is 19.6. The first-order chi connectivity index (χ1) is 17.6. The molecule has 0 atom stereocenters. The van der Waals surface area contributed by atoms with Crippen molar-refractivity contribution in [2.45, 2.75) is 58.7 Å². The Hall–Kier alpha value is -2.52. The fourth-order valence-electron chi connectivity index (χ4n) is 5.25. The molecule has 0 N–H and O–H groups in total. The Labute approximate surface area is 241 Å². The van der Waals surface area contributed by atoms with Gasteiger partial charge in [0.1, 0.15) is 17.0 Å². The van der Waals surface area contributed by atoms with E-state index in [9.17, 15) is 18.7 Å². The van der Waals surface area contributed by atoms with E-state index in [0.29, 0.717) is 66.0 Å². The van der Waals surface area contributed by atoms with Crippen LogP contribution in [0.3, 0.4) is 0 Å². The van der Waals surface area contributed by atoms with Crippen LogP contribution >= 0.6 is 0 Å². The van der Waals surface area contributed by atoms with Crippen LogP contribution in [0.1, 0.15) is 54.1 Å². The first kappa shape index (κ1) is 28.5. The van der Waals surface area contributed by atoms with Gasteiger partial charge in [-0.05, 0) is 76.1 Å². The molecule has 2 aromatic heterocycles. The molecule has 1 saturated carbocycles. The van der Waals surface area contributed by atoms with Crippen LogP contribution in [-0.2, 0) is 4.74 Å². The third kappa shape index (κ3) is 5.59. The maximum Gasteiger partial charge on any atom is 1.00 e. The Bertz CT molecular complexity index is 1480. The third-order valence-corrected chi connectivity index (χ3v) is 7.43. The number of aromatic nitrogens is 1. The van der Waals surface area contributed by atoms with Crippen molar-refractivity contribution in [2.75, 3.05) is 6.61 Å². The Morgan fingerprint density at radius 3 is 2.55 bits per heavy atom. The number of ether oxygens (including phenoxy) is 2. The van der Waals surface area contributed by atoms with Gasteiger partial charge in [0.25, 0.3) is 0 Å². The number of benzene rings is 2. The van der Waals surface area contributed by atoms with Gasteiger partial charge in [0, 0.05) is 16.5 Å². The van der Waals surface area contributed by atoms with E-state index in [1.54, 1.807) is 13.0 Å². The van der Waals surface area contributed by atoms with Gasteiger partial charge in [-0.3, -0.25) is 0 Å². The summed E-state index contributed by atoms with van der Waals surface area (Å²) >= 11 is 0. The van der Waals surface area contributed by atoms with Gasteiger partial charge in [-0.25, -0.2) is 4.98 Å². The van der Waals surface area contributed by atoms with Crippen molar-refractivity contribution in [1.29, 1.82) is 0 Å². The third-order valence-electron chi connectivity index (χ3n) is 7.43. The molecule has 0 aliphatic heterocycles. The number of nitrogens with zero attached hydrogens (tertiary/aromatic N) is 1. The molecule has 2 aromatic carbocycles. The molecule has 9 heteroatoms. The van der Waals surface area contributed by atoms with E-state index >= 15 is 0 Å². The van der Waals surface area contributed by atoms with Crippen LogP contribution < -0.4 is 39.4 Å². The SMILES string of the molecule is Cc1c(-c2cc(C(=O)[O-])c3c(OCC4CCC(C)(OC(F)F)CC4)ccc(C)c3n2)oc2ccccc12.[Na+]. The summed E-state index contributed by atoms with van der Waals surface area (Å²) in [7, 11) is 0. The second-order valence-corrected chi connectivity index (χ2v) is 10.1. The van der Waals surface area contributed by atoms with Crippen molar-refractivity contribution >= 4 is 27.8 Å². The number of halogens is 2. The summed E-state index contributed by atoms with van der Waals surface area (Å²) in [6, 6.07) is 12.7. The Balaban J connectivity index is 0.00000336. The maximum absolute atomic E-state index is 12.7. The number of aryl methyl sites for hydroxylation is 2. The van der Waals surface area contributed by atoms with Gasteiger partial charge in [-0.1, -0.05) is 24.3 Å². The summed E-state index contributed by atoms with van der Waals surface area (Å²) in [5, 5.41) is 13.6. The van der Waals surface area contributed by atoms with Crippen molar-refractivity contribution in [3.05, 3.63) is 59.2 Å². The average molecular weight is 532 g/mol. The smallest absolute Gasteiger partial charge is 0.545 e. The first-order valence-corrected chi connectivity index (χ1v) is 12.4. The minimum absolute atomic E-state index is 0. The number of carbonyl (C=O) groups is 1. The van der Waals surface area contributed by atoms with E-state index in [2.05, 4.69) is 0 Å². The zero-order valence-corrected chi connectivity index (χ0v) is 24.0. The van der Waals surface area contributed by atoms with Gasteiger partial charge in [0.15, 0.2) is 5.76 Å². The number of carboxylic acid groups (broad SMARTS) is 1. The number of hydrogen-bond acceptors (Lipinski definition) is 6. The zero-order valence-electron chi connectivity index (χ0n) is 22.0. The van der Waals surface area contributed by atoms with Crippen LogP contribution in [0, 0.1) is 19.8 Å². The molecule has 1 aliphatic rings. The van der Waals surface area contributed by atoms with Crippen LogP contribution in [-0.4, -0.2) is 29.8 Å². The molecular formula is C29H28F2NNaO5. The summed E-state index contributed by atoms with van der Waals surface area (Å²) < 4.78 is 42.4. The zero-order chi connectivity index (χ0) is 26.3. The van der Waals surface area contributed by atoms with Gasteiger partial charge in [0.05, 0.1) is 29.1 Å². The summed E-state index contributed by atoms with van der Waals surface area (Å²) in [5.74, 6) is -0.289. The number of aromatic carboxylic acids is 1. The van der Waals surface area contributed by atoms with Crippen LogP contribution in [0.15, 0.2) is 46.9 Å². The van der Waals surface area contributed by atoms with Crippen molar-refractivity contribution in [1.82, 2.24) is 4.98 Å². The Morgan fingerprint density at radius 2 is 1.89 bits per heavy atom. The standard InChI is InChI=1S/C29H29F2NO5.Na/c1-16-8-9-23(35-15-18-10-12-29(3,13-11-18)37-28(30)31)24-20(27(33)34)14-21(32-25(16)24)26-17(2)19-6-4-5-7-22(19)36-26;/h4-9,14,18,28H,10-13,15H2,1-3H3,(H,33,34);/q;+1/p-1. The molecule has 1 fully saturated rings.